The fourth-order valence-electron chi connectivity index (χ4n) is 1.88. The second-order valence-corrected chi connectivity index (χ2v) is 3.37. The minimum atomic E-state index is 0.866. The van der Waals surface area contributed by atoms with Gasteiger partial charge < -0.3 is 0 Å². The molecule has 0 spiro atoms. The molecule has 0 N–H and O–H groups in total. The number of rotatable bonds is 0. The van der Waals surface area contributed by atoms with Crippen molar-refractivity contribution in [3.8, 4) is 6.07 Å². The zero-order chi connectivity index (χ0) is 9.26. The van der Waals surface area contributed by atoms with Gasteiger partial charge in [-0.15, -0.1) is 0 Å². The van der Waals surface area contributed by atoms with E-state index in [9.17, 15) is 0 Å². The average Bonchev–Trinajstić information content (AvgIpc) is 2.60. The van der Waals surface area contributed by atoms with Gasteiger partial charge >= 0.3 is 0 Å². The maximum Gasteiger partial charge on any atom is 0.0947 e. The third kappa shape index (κ3) is 1.25. The molecule has 1 aliphatic carbocycles. The van der Waals surface area contributed by atoms with Crippen LogP contribution in [0, 0.1) is 11.3 Å². The lowest BCUT2D eigenvalue weighted by Gasteiger charge is -2.00. The minimum Gasteiger partial charge on any atom is -0.193 e. The normalized spacial score (nSPS) is 17.8. The molecule has 0 saturated carbocycles. The van der Waals surface area contributed by atoms with Crippen LogP contribution in [0.1, 0.15) is 24.5 Å². The zero-order valence-corrected chi connectivity index (χ0v) is 7.67. The van der Waals surface area contributed by atoms with E-state index in [0.29, 0.717) is 0 Å². The summed E-state index contributed by atoms with van der Waals surface area (Å²) >= 11 is 0. The second kappa shape index (κ2) is 3.06. The van der Waals surface area contributed by atoms with Gasteiger partial charge in [0, 0.05) is 5.57 Å². The molecule has 0 aliphatic heterocycles. The molecule has 0 fully saturated rings. The first-order valence-electron chi connectivity index (χ1n) is 4.51. The predicted molar refractivity (Wildman–Crippen MR) is 53.0 cm³/mol. The van der Waals surface area contributed by atoms with E-state index in [-0.39, 0.29) is 0 Å². The Morgan fingerprint density at radius 2 is 2.08 bits per heavy atom. The molecule has 13 heavy (non-hydrogen) atoms. The van der Waals surface area contributed by atoms with Crippen molar-refractivity contribution in [2.24, 2.45) is 0 Å². The smallest absolute Gasteiger partial charge is 0.0947 e. The molecule has 1 nitrogen and oxygen atoms in total. The number of nitrogens with zero attached hydrogens (tertiary/aromatic N) is 1. The molecule has 0 saturated heterocycles. The van der Waals surface area contributed by atoms with E-state index in [2.05, 4.69) is 24.3 Å². The van der Waals surface area contributed by atoms with Gasteiger partial charge in [-0.25, -0.2) is 0 Å². The van der Waals surface area contributed by atoms with E-state index < -0.39 is 0 Å². The van der Waals surface area contributed by atoms with E-state index in [1.165, 1.54) is 16.7 Å². The van der Waals surface area contributed by atoms with Crippen LogP contribution in [0.25, 0.3) is 5.57 Å². The van der Waals surface area contributed by atoms with Crippen LogP contribution in [0.2, 0.25) is 0 Å². The Morgan fingerprint density at radius 1 is 1.31 bits per heavy atom. The van der Waals surface area contributed by atoms with Crippen molar-refractivity contribution in [2.45, 2.75) is 19.8 Å². The third-order valence-electron chi connectivity index (χ3n) is 2.61. The summed E-state index contributed by atoms with van der Waals surface area (Å²) in [6, 6.07) is 10.6. The summed E-state index contributed by atoms with van der Waals surface area (Å²) < 4.78 is 0. The van der Waals surface area contributed by atoms with Gasteiger partial charge in [0.05, 0.1) is 6.07 Å². The van der Waals surface area contributed by atoms with Gasteiger partial charge in [-0.05, 0) is 36.5 Å². The van der Waals surface area contributed by atoms with Crippen LogP contribution >= 0.6 is 0 Å². The van der Waals surface area contributed by atoms with E-state index in [1.807, 2.05) is 13.0 Å². The summed E-state index contributed by atoms with van der Waals surface area (Å²) in [5.74, 6) is 0. The van der Waals surface area contributed by atoms with Crippen LogP contribution in [-0.2, 0) is 6.42 Å². The molecule has 0 bridgehead atoms. The Morgan fingerprint density at radius 3 is 2.85 bits per heavy atom. The molecule has 0 unspecified atom stereocenters. The molecule has 1 heteroatoms. The highest BCUT2D eigenvalue weighted by molar-refractivity contribution is 5.76. The van der Waals surface area contributed by atoms with Crippen molar-refractivity contribution in [1.82, 2.24) is 0 Å². The summed E-state index contributed by atoms with van der Waals surface area (Å²) in [6.07, 6.45) is 2.11. The molecule has 0 radical (unpaired) electrons. The first-order valence-corrected chi connectivity index (χ1v) is 4.51. The first-order chi connectivity index (χ1) is 6.33. The quantitative estimate of drug-likeness (QED) is 0.548. The molecule has 0 aromatic heterocycles. The third-order valence-corrected chi connectivity index (χ3v) is 2.61. The zero-order valence-electron chi connectivity index (χ0n) is 7.67. The summed E-state index contributed by atoms with van der Waals surface area (Å²) in [5, 5.41) is 8.81. The summed E-state index contributed by atoms with van der Waals surface area (Å²) in [6.45, 7) is 1.90. The SMILES string of the molecule is C/C(C#N)=C1\CCc2ccccc21. The fraction of sp³-hybridized carbons (Fsp3) is 0.250. The molecule has 1 aromatic carbocycles. The molecule has 1 aromatic rings. The number of hydrogen-bond acceptors (Lipinski definition) is 1. The number of hydrogen-bond donors (Lipinski definition) is 0. The molecule has 0 atom stereocenters. The van der Waals surface area contributed by atoms with Gasteiger partial charge in [0.2, 0.25) is 0 Å². The van der Waals surface area contributed by atoms with Crippen molar-refractivity contribution in [2.75, 3.05) is 0 Å². The van der Waals surface area contributed by atoms with Crippen LogP contribution in [0.15, 0.2) is 29.8 Å². The van der Waals surface area contributed by atoms with Crippen molar-refractivity contribution in [1.29, 1.82) is 5.26 Å². The Labute approximate surface area is 78.3 Å². The minimum absolute atomic E-state index is 0.866. The van der Waals surface area contributed by atoms with Crippen molar-refractivity contribution < 1.29 is 0 Å². The van der Waals surface area contributed by atoms with Crippen molar-refractivity contribution >= 4 is 5.57 Å². The monoisotopic (exact) mass is 169 g/mol. The Hall–Kier alpha value is -1.55. The Kier molecular flexibility index (Phi) is 1.90. The lowest BCUT2D eigenvalue weighted by Crippen LogP contribution is -1.81. The number of allylic oxidation sites excluding steroid dienone is 2. The molecular formula is C12H11N. The van der Waals surface area contributed by atoms with Gasteiger partial charge in [-0.2, -0.15) is 5.26 Å². The van der Waals surface area contributed by atoms with Gasteiger partial charge in [0.25, 0.3) is 0 Å². The second-order valence-electron chi connectivity index (χ2n) is 3.37. The highest BCUT2D eigenvalue weighted by Gasteiger charge is 2.16. The summed E-state index contributed by atoms with van der Waals surface area (Å²) in [7, 11) is 0. The van der Waals surface area contributed by atoms with Crippen LogP contribution < -0.4 is 0 Å². The van der Waals surface area contributed by atoms with Crippen LogP contribution in [0.4, 0.5) is 0 Å². The number of benzene rings is 1. The van der Waals surface area contributed by atoms with Crippen molar-refractivity contribution in [3.05, 3.63) is 41.0 Å². The average molecular weight is 169 g/mol. The maximum atomic E-state index is 8.81. The van der Waals surface area contributed by atoms with Gasteiger partial charge in [-0.1, -0.05) is 24.3 Å². The van der Waals surface area contributed by atoms with Crippen molar-refractivity contribution in [3.63, 3.8) is 0 Å². The molecular weight excluding hydrogens is 158 g/mol. The lowest BCUT2D eigenvalue weighted by molar-refractivity contribution is 1.08. The fourth-order valence-corrected chi connectivity index (χ4v) is 1.88. The molecule has 1 aliphatic rings. The lowest BCUT2D eigenvalue weighted by atomic mass is 10.0. The number of fused-ring (bicyclic) bond motifs is 1. The topological polar surface area (TPSA) is 23.8 Å². The summed E-state index contributed by atoms with van der Waals surface area (Å²) in [4.78, 5) is 0. The predicted octanol–water partition coefficient (Wildman–Crippen LogP) is 2.93. The van der Waals surface area contributed by atoms with E-state index in [4.69, 9.17) is 5.26 Å². The Bertz CT molecular complexity index is 407. The van der Waals surface area contributed by atoms with Gasteiger partial charge in [0.15, 0.2) is 0 Å². The maximum absolute atomic E-state index is 8.81. The van der Waals surface area contributed by atoms with Crippen LogP contribution in [0.5, 0.6) is 0 Å². The number of nitriles is 1. The molecule has 0 heterocycles. The van der Waals surface area contributed by atoms with Crippen LogP contribution in [-0.4, -0.2) is 0 Å². The standard InChI is InChI=1S/C12H11N/c1-9(8-13)11-7-6-10-4-2-3-5-12(10)11/h2-5H,6-7H2,1H3/b11-9-. The van der Waals surface area contributed by atoms with E-state index in [0.717, 1.165) is 18.4 Å². The van der Waals surface area contributed by atoms with E-state index in [1.54, 1.807) is 0 Å². The highest BCUT2D eigenvalue weighted by Crippen LogP contribution is 2.33. The molecule has 64 valence electrons. The van der Waals surface area contributed by atoms with E-state index >= 15 is 0 Å². The largest absolute Gasteiger partial charge is 0.193 e. The first kappa shape index (κ1) is 8.07. The highest BCUT2D eigenvalue weighted by atomic mass is 14.3. The molecule has 0 amide bonds. The van der Waals surface area contributed by atoms with Crippen LogP contribution in [0.3, 0.4) is 0 Å². The Balaban J connectivity index is 2.58. The van der Waals surface area contributed by atoms with Gasteiger partial charge in [-0.3, -0.25) is 0 Å². The molecule has 2 rings (SSSR count). The van der Waals surface area contributed by atoms with Gasteiger partial charge in [0.1, 0.15) is 0 Å². The summed E-state index contributed by atoms with van der Waals surface area (Å²) in [5.41, 5.74) is 4.76. The number of aryl methyl sites for hydroxylation is 1.